The van der Waals surface area contributed by atoms with E-state index in [1.165, 1.54) is 6.08 Å². The van der Waals surface area contributed by atoms with Crippen LogP contribution < -0.4 is 0 Å². The summed E-state index contributed by atoms with van der Waals surface area (Å²) in [5.74, 6) is -0.0634. The van der Waals surface area contributed by atoms with Crippen LogP contribution in [-0.4, -0.2) is 46.8 Å². The molecule has 0 spiro atoms. The Kier molecular flexibility index (Phi) is 2.82. The number of hydrogen-bond donors (Lipinski definition) is 0. The van der Waals surface area contributed by atoms with Gasteiger partial charge < -0.3 is 14.2 Å². The van der Waals surface area contributed by atoms with Gasteiger partial charge >= 0.3 is 0 Å². The Balaban J connectivity index is 1.59. The second-order valence-corrected chi connectivity index (χ2v) is 5.75. The molecular formula is C17H16N2O3. The number of nitrogens with zero attached hydrogens (tertiary/aromatic N) is 2. The molecule has 1 saturated carbocycles. The van der Waals surface area contributed by atoms with E-state index >= 15 is 0 Å². The molecule has 2 amide bonds. The Morgan fingerprint density at radius 3 is 2.77 bits per heavy atom. The zero-order chi connectivity index (χ0) is 15.3. The Bertz CT molecular complexity index is 779. The molecule has 1 saturated heterocycles. The third kappa shape index (κ3) is 1.85. The molecule has 112 valence electrons. The lowest BCUT2D eigenvalue weighted by Crippen LogP contribution is -2.50. The molecule has 2 aromatic rings. The summed E-state index contributed by atoms with van der Waals surface area (Å²) in [5, 5.41) is 0.929. The average molecular weight is 296 g/mol. The minimum absolute atomic E-state index is 0.0150. The first-order valence-corrected chi connectivity index (χ1v) is 7.41. The van der Waals surface area contributed by atoms with Gasteiger partial charge in [-0.1, -0.05) is 18.7 Å². The van der Waals surface area contributed by atoms with E-state index in [0.717, 1.165) is 11.8 Å². The smallest absolute Gasteiger partial charge is 0.258 e. The van der Waals surface area contributed by atoms with Gasteiger partial charge in [0.2, 0.25) is 5.91 Å². The van der Waals surface area contributed by atoms with Crippen LogP contribution >= 0.6 is 0 Å². The van der Waals surface area contributed by atoms with Crippen LogP contribution in [0.2, 0.25) is 0 Å². The summed E-state index contributed by atoms with van der Waals surface area (Å²) in [6.07, 6.45) is 3.79. The number of amides is 2. The summed E-state index contributed by atoms with van der Waals surface area (Å²) < 4.78 is 5.46. The van der Waals surface area contributed by atoms with Crippen LogP contribution in [-0.2, 0) is 4.79 Å². The lowest BCUT2D eigenvalue weighted by atomic mass is 10.1. The zero-order valence-corrected chi connectivity index (χ0v) is 12.1. The number of furan rings is 1. The number of rotatable bonds is 2. The molecule has 0 N–H and O–H groups in total. The molecule has 22 heavy (non-hydrogen) atoms. The van der Waals surface area contributed by atoms with Crippen molar-refractivity contribution in [2.45, 2.75) is 18.5 Å². The van der Waals surface area contributed by atoms with Gasteiger partial charge in [-0.2, -0.15) is 0 Å². The second kappa shape index (κ2) is 4.73. The summed E-state index contributed by atoms with van der Waals surface area (Å²) in [5.41, 5.74) is 1.23. The zero-order valence-electron chi connectivity index (χ0n) is 12.1. The van der Waals surface area contributed by atoms with E-state index in [9.17, 15) is 9.59 Å². The summed E-state index contributed by atoms with van der Waals surface area (Å²) in [6, 6.07) is 7.71. The highest BCUT2D eigenvalue weighted by Gasteiger charge is 2.52. The fourth-order valence-electron chi connectivity index (χ4n) is 3.35. The van der Waals surface area contributed by atoms with Crippen molar-refractivity contribution >= 4 is 22.8 Å². The summed E-state index contributed by atoms with van der Waals surface area (Å²) in [7, 11) is 0. The third-order valence-corrected chi connectivity index (χ3v) is 4.53. The standard InChI is InChI=1S/C17H16N2O3/c1-2-15(20)18-7-8-19(14-10-13(14)18)17(21)12-5-3-4-11-6-9-22-16(11)12/h2-6,9,13-14H,1,7-8,10H2. The fraction of sp³-hybridized carbons (Fsp3) is 0.294. The Hall–Kier alpha value is -2.56. The van der Waals surface area contributed by atoms with Crippen molar-refractivity contribution in [3.05, 3.63) is 48.7 Å². The quantitative estimate of drug-likeness (QED) is 0.797. The normalized spacial score (nSPS) is 23.3. The predicted octanol–water partition coefficient (Wildman–Crippen LogP) is 2.04. The van der Waals surface area contributed by atoms with Gasteiger partial charge in [0.05, 0.1) is 23.9 Å². The Labute approximate surface area is 127 Å². The van der Waals surface area contributed by atoms with Crippen molar-refractivity contribution in [3.63, 3.8) is 0 Å². The molecule has 4 rings (SSSR count). The maximum atomic E-state index is 12.8. The molecule has 2 atom stereocenters. The van der Waals surface area contributed by atoms with E-state index < -0.39 is 0 Å². The highest BCUT2D eigenvalue weighted by Crippen LogP contribution is 2.38. The molecular weight excluding hydrogens is 280 g/mol. The van der Waals surface area contributed by atoms with Gasteiger partial charge in [-0.25, -0.2) is 0 Å². The molecule has 2 aliphatic rings. The molecule has 5 heteroatoms. The van der Waals surface area contributed by atoms with Crippen molar-refractivity contribution in [1.82, 2.24) is 9.80 Å². The monoisotopic (exact) mass is 296 g/mol. The summed E-state index contributed by atoms with van der Waals surface area (Å²) >= 11 is 0. The van der Waals surface area contributed by atoms with Crippen LogP contribution in [0.15, 0.2) is 47.6 Å². The first-order valence-electron chi connectivity index (χ1n) is 7.41. The van der Waals surface area contributed by atoms with Crippen molar-refractivity contribution in [2.75, 3.05) is 13.1 Å². The van der Waals surface area contributed by atoms with E-state index in [1.54, 1.807) is 12.3 Å². The minimum atomic E-state index is -0.0484. The maximum Gasteiger partial charge on any atom is 0.258 e. The number of para-hydroxylation sites is 1. The van der Waals surface area contributed by atoms with Crippen LogP contribution in [0.5, 0.6) is 0 Å². The fourth-order valence-corrected chi connectivity index (χ4v) is 3.35. The van der Waals surface area contributed by atoms with E-state index in [1.807, 2.05) is 28.0 Å². The lowest BCUT2D eigenvalue weighted by molar-refractivity contribution is -0.127. The third-order valence-electron chi connectivity index (χ3n) is 4.53. The maximum absolute atomic E-state index is 12.8. The van der Waals surface area contributed by atoms with Gasteiger partial charge in [0, 0.05) is 18.5 Å². The highest BCUT2D eigenvalue weighted by atomic mass is 16.3. The van der Waals surface area contributed by atoms with Crippen molar-refractivity contribution in [2.24, 2.45) is 0 Å². The van der Waals surface area contributed by atoms with Crippen molar-refractivity contribution in [1.29, 1.82) is 0 Å². The van der Waals surface area contributed by atoms with Crippen LogP contribution in [0.1, 0.15) is 16.8 Å². The van der Waals surface area contributed by atoms with Gasteiger partial charge in [-0.05, 0) is 24.6 Å². The summed E-state index contributed by atoms with van der Waals surface area (Å²) in [6.45, 7) is 4.65. The van der Waals surface area contributed by atoms with Crippen LogP contribution in [0.3, 0.4) is 0 Å². The molecule has 2 unspecified atom stereocenters. The van der Waals surface area contributed by atoms with Crippen LogP contribution in [0, 0.1) is 0 Å². The number of carbonyl (C=O) groups excluding carboxylic acids is 2. The predicted molar refractivity (Wildman–Crippen MR) is 81.4 cm³/mol. The van der Waals surface area contributed by atoms with Crippen molar-refractivity contribution < 1.29 is 14.0 Å². The SMILES string of the molecule is C=CC(=O)N1CCN(C(=O)c2cccc3ccoc23)C2CC21. The number of carbonyl (C=O) groups is 2. The van der Waals surface area contributed by atoms with Gasteiger partial charge in [0.15, 0.2) is 0 Å². The number of benzene rings is 1. The van der Waals surface area contributed by atoms with Crippen LogP contribution in [0.25, 0.3) is 11.0 Å². The molecule has 5 nitrogen and oxygen atoms in total. The minimum Gasteiger partial charge on any atom is -0.464 e. The molecule has 1 aliphatic heterocycles. The first kappa shape index (κ1) is 13.1. The van der Waals surface area contributed by atoms with E-state index in [2.05, 4.69) is 6.58 Å². The molecule has 0 radical (unpaired) electrons. The largest absolute Gasteiger partial charge is 0.464 e. The Morgan fingerprint density at radius 2 is 1.95 bits per heavy atom. The Morgan fingerprint density at radius 1 is 1.18 bits per heavy atom. The topological polar surface area (TPSA) is 53.8 Å². The summed E-state index contributed by atoms with van der Waals surface area (Å²) in [4.78, 5) is 28.3. The molecule has 2 fully saturated rings. The van der Waals surface area contributed by atoms with Gasteiger partial charge in [0.25, 0.3) is 5.91 Å². The van der Waals surface area contributed by atoms with Gasteiger partial charge in [0.1, 0.15) is 5.58 Å². The van der Waals surface area contributed by atoms with Crippen molar-refractivity contribution in [3.8, 4) is 0 Å². The number of fused-ring (bicyclic) bond motifs is 2. The molecule has 1 aromatic carbocycles. The molecule has 1 aliphatic carbocycles. The van der Waals surface area contributed by atoms with E-state index in [0.29, 0.717) is 24.2 Å². The average Bonchev–Trinajstić information content (AvgIpc) is 3.20. The highest BCUT2D eigenvalue weighted by molar-refractivity contribution is 6.05. The molecule has 0 bridgehead atoms. The van der Waals surface area contributed by atoms with E-state index in [-0.39, 0.29) is 23.9 Å². The second-order valence-electron chi connectivity index (χ2n) is 5.75. The first-order chi connectivity index (χ1) is 10.7. The van der Waals surface area contributed by atoms with E-state index in [4.69, 9.17) is 4.42 Å². The lowest BCUT2D eigenvalue weighted by Gasteiger charge is -2.33. The number of hydrogen-bond acceptors (Lipinski definition) is 3. The number of piperazine rings is 1. The van der Waals surface area contributed by atoms with Gasteiger partial charge in [-0.3, -0.25) is 9.59 Å². The van der Waals surface area contributed by atoms with Gasteiger partial charge in [-0.15, -0.1) is 0 Å². The van der Waals surface area contributed by atoms with Crippen LogP contribution in [0.4, 0.5) is 0 Å². The molecule has 1 aromatic heterocycles. The molecule has 2 heterocycles.